The van der Waals surface area contributed by atoms with Gasteiger partial charge in [-0.1, -0.05) is 25.5 Å². The average molecular weight is 311 g/mol. The lowest BCUT2D eigenvalue weighted by atomic mass is 10.0. The lowest BCUT2D eigenvalue weighted by Crippen LogP contribution is -2.43. The van der Waals surface area contributed by atoms with Gasteiger partial charge in [-0.3, -0.25) is 0 Å². The third-order valence-corrected chi connectivity index (χ3v) is 5.85. The average Bonchev–Trinajstić information content (AvgIpc) is 2.47. The van der Waals surface area contributed by atoms with Gasteiger partial charge in [0.2, 0.25) is 10.0 Å². The molecule has 116 valence electrons. The molecule has 0 saturated carbocycles. The maximum atomic E-state index is 12.6. The summed E-state index contributed by atoms with van der Waals surface area (Å²) >= 11 is 0. The fourth-order valence-corrected chi connectivity index (χ4v) is 4.68. The highest BCUT2D eigenvalue weighted by Crippen LogP contribution is 2.24. The Morgan fingerprint density at radius 3 is 2.52 bits per heavy atom. The van der Waals surface area contributed by atoms with Gasteiger partial charge in [-0.2, -0.15) is 4.31 Å². The molecule has 1 fully saturated rings. The molecular formula is C15H21NO4S. The maximum absolute atomic E-state index is 12.6. The summed E-state index contributed by atoms with van der Waals surface area (Å²) in [6.07, 6.45) is 3.75. The van der Waals surface area contributed by atoms with E-state index in [-0.39, 0.29) is 17.4 Å². The van der Waals surface area contributed by atoms with E-state index in [2.05, 4.69) is 0 Å². The van der Waals surface area contributed by atoms with Crippen molar-refractivity contribution in [1.29, 1.82) is 0 Å². The molecule has 2 rings (SSSR count). The molecule has 1 N–H and O–H groups in total. The van der Waals surface area contributed by atoms with Crippen LogP contribution >= 0.6 is 0 Å². The van der Waals surface area contributed by atoms with Crippen molar-refractivity contribution >= 4 is 16.0 Å². The number of carboxylic acids is 1. The van der Waals surface area contributed by atoms with E-state index in [4.69, 9.17) is 5.11 Å². The zero-order valence-electron chi connectivity index (χ0n) is 12.2. The van der Waals surface area contributed by atoms with E-state index in [1.165, 1.54) is 12.1 Å². The molecule has 0 radical (unpaired) electrons. The number of rotatable bonds is 5. The Morgan fingerprint density at radius 2 is 1.95 bits per heavy atom. The van der Waals surface area contributed by atoms with Gasteiger partial charge in [0, 0.05) is 12.6 Å². The zero-order valence-corrected chi connectivity index (χ0v) is 13.0. The number of hydrogen-bond donors (Lipinski definition) is 1. The predicted octanol–water partition coefficient (Wildman–Crippen LogP) is 2.48. The molecule has 0 spiro atoms. The van der Waals surface area contributed by atoms with Crippen molar-refractivity contribution < 1.29 is 18.3 Å². The van der Waals surface area contributed by atoms with E-state index >= 15 is 0 Å². The summed E-state index contributed by atoms with van der Waals surface area (Å²) in [5.74, 6) is -1.07. The second-order valence-electron chi connectivity index (χ2n) is 5.43. The molecule has 1 aliphatic heterocycles. The number of benzene rings is 1. The summed E-state index contributed by atoms with van der Waals surface area (Å²) in [6.45, 7) is 2.61. The van der Waals surface area contributed by atoms with Crippen molar-refractivity contribution in [3.63, 3.8) is 0 Å². The topological polar surface area (TPSA) is 74.7 Å². The summed E-state index contributed by atoms with van der Waals surface area (Å²) in [7, 11) is -3.34. The van der Waals surface area contributed by atoms with Gasteiger partial charge in [0.15, 0.2) is 0 Å². The van der Waals surface area contributed by atoms with Gasteiger partial charge in [-0.05, 0) is 37.0 Å². The number of carboxylic acid groups (broad SMARTS) is 1. The third-order valence-electron chi connectivity index (χ3n) is 3.95. The van der Waals surface area contributed by atoms with Crippen LogP contribution in [0.5, 0.6) is 0 Å². The van der Waals surface area contributed by atoms with Crippen LogP contribution in [0.4, 0.5) is 0 Å². The number of piperidine rings is 1. The molecular weight excluding hydrogens is 290 g/mol. The molecule has 21 heavy (non-hydrogen) atoms. The monoisotopic (exact) mass is 311 g/mol. The van der Waals surface area contributed by atoms with E-state index in [0.29, 0.717) is 12.1 Å². The second kappa shape index (κ2) is 6.58. The zero-order chi connectivity index (χ0) is 15.5. The van der Waals surface area contributed by atoms with Gasteiger partial charge in [0.05, 0.1) is 11.3 Å². The molecule has 1 aliphatic rings. The van der Waals surface area contributed by atoms with Crippen LogP contribution < -0.4 is 0 Å². The molecule has 1 saturated heterocycles. The van der Waals surface area contributed by atoms with Crippen molar-refractivity contribution in [1.82, 2.24) is 4.31 Å². The van der Waals surface area contributed by atoms with Gasteiger partial charge in [0.1, 0.15) is 0 Å². The molecule has 0 aromatic heterocycles. The lowest BCUT2D eigenvalue weighted by molar-refractivity contribution is 0.0697. The molecule has 1 unspecified atom stereocenters. The minimum Gasteiger partial charge on any atom is -0.478 e. The minimum atomic E-state index is -3.34. The van der Waals surface area contributed by atoms with Crippen LogP contribution in [0.2, 0.25) is 0 Å². The van der Waals surface area contributed by atoms with Crippen LogP contribution in [0.25, 0.3) is 0 Å². The first-order chi connectivity index (χ1) is 9.94. The Labute approximate surface area is 125 Å². The van der Waals surface area contributed by atoms with Crippen LogP contribution in [0.1, 0.15) is 48.5 Å². The van der Waals surface area contributed by atoms with E-state index < -0.39 is 16.0 Å². The number of aromatic carboxylic acids is 1. The Bertz CT molecular complexity index is 595. The molecule has 1 aromatic rings. The summed E-state index contributed by atoms with van der Waals surface area (Å²) in [4.78, 5) is 10.8. The van der Waals surface area contributed by atoms with Crippen LogP contribution in [-0.2, 0) is 15.8 Å². The molecule has 0 amide bonds. The van der Waals surface area contributed by atoms with Crippen molar-refractivity contribution in [2.24, 2.45) is 0 Å². The minimum absolute atomic E-state index is 0.0661. The smallest absolute Gasteiger partial charge is 0.335 e. The molecule has 1 aromatic carbocycles. The highest BCUT2D eigenvalue weighted by Gasteiger charge is 2.31. The summed E-state index contributed by atoms with van der Waals surface area (Å²) < 4.78 is 26.7. The molecule has 0 aliphatic carbocycles. The summed E-state index contributed by atoms with van der Waals surface area (Å²) in [5, 5.41) is 8.85. The van der Waals surface area contributed by atoms with Crippen LogP contribution in [0.15, 0.2) is 24.3 Å². The first-order valence-corrected chi connectivity index (χ1v) is 8.86. The first kappa shape index (κ1) is 16.0. The van der Waals surface area contributed by atoms with E-state index in [9.17, 15) is 13.2 Å². The number of sulfonamides is 1. The van der Waals surface area contributed by atoms with Crippen LogP contribution in [0, 0.1) is 0 Å². The van der Waals surface area contributed by atoms with Crippen molar-refractivity contribution in [3.05, 3.63) is 35.4 Å². The van der Waals surface area contributed by atoms with E-state index in [0.717, 1.165) is 25.7 Å². The maximum Gasteiger partial charge on any atom is 0.335 e. The molecule has 1 heterocycles. The molecule has 6 heteroatoms. The number of nitrogens with zero attached hydrogens (tertiary/aromatic N) is 1. The standard InChI is InChI=1S/C15H21NO4S/c1-2-14-5-3-4-10-16(14)21(19,20)11-12-6-8-13(9-7-12)15(17)18/h6-9,14H,2-5,10-11H2,1H3,(H,17,18). The molecule has 1 atom stereocenters. The lowest BCUT2D eigenvalue weighted by Gasteiger charge is -2.34. The van der Waals surface area contributed by atoms with Crippen LogP contribution in [-0.4, -0.2) is 36.4 Å². The Morgan fingerprint density at radius 1 is 1.29 bits per heavy atom. The molecule has 0 bridgehead atoms. The van der Waals surface area contributed by atoms with Crippen molar-refractivity contribution in [3.8, 4) is 0 Å². The van der Waals surface area contributed by atoms with Crippen LogP contribution in [0.3, 0.4) is 0 Å². The highest BCUT2D eigenvalue weighted by molar-refractivity contribution is 7.88. The largest absolute Gasteiger partial charge is 0.478 e. The fraction of sp³-hybridized carbons (Fsp3) is 0.533. The molecule has 5 nitrogen and oxygen atoms in total. The highest BCUT2D eigenvalue weighted by atomic mass is 32.2. The fourth-order valence-electron chi connectivity index (χ4n) is 2.79. The predicted molar refractivity (Wildman–Crippen MR) is 80.7 cm³/mol. The Kier molecular flexibility index (Phi) is 5.00. The Hall–Kier alpha value is -1.40. The third kappa shape index (κ3) is 3.83. The van der Waals surface area contributed by atoms with E-state index in [1.807, 2.05) is 6.92 Å². The van der Waals surface area contributed by atoms with E-state index in [1.54, 1.807) is 16.4 Å². The van der Waals surface area contributed by atoms with Crippen molar-refractivity contribution in [2.75, 3.05) is 6.54 Å². The first-order valence-electron chi connectivity index (χ1n) is 7.26. The number of hydrogen-bond acceptors (Lipinski definition) is 3. The Balaban J connectivity index is 2.14. The van der Waals surface area contributed by atoms with Gasteiger partial charge >= 0.3 is 5.97 Å². The summed E-state index contributed by atoms with van der Waals surface area (Å²) in [6, 6.07) is 6.14. The van der Waals surface area contributed by atoms with Gasteiger partial charge < -0.3 is 5.11 Å². The van der Waals surface area contributed by atoms with Crippen molar-refractivity contribution in [2.45, 2.75) is 44.4 Å². The van der Waals surface area contributed by atoms with Gasteiger partial charge in [-0.25, -0.2) is 13.2 Å². The SMILES string of the molecule is CCC1CCCCN1S(=O)(=O)Cc1ccc(C(=O)O)cc1. The normalized spacial score (nSPS) is 20.3. The van der Waals surface area contributed by atoms with Gasteiger partial charge in [-0.15, -0.1) is 0 Å². The quantitative estimate of drug-likeness (QED) is 0.906. The number of carbonyl (C=O) groups is 1. The summed E-state index contributed by atoms with van der Waals surface area (Å²) in [5.41, 5.74) is 0.793. The second-order valence-corrected chi connectivity index (χ2v) is 7.35. The van der Waals surface area contributed by atoms with Gasteiger partial charge in [0.25, 0.3) is 0 Å².